The molecule has 0 bridgehead atoms. The first-order valence-corrected chi connectivity index (χ1v) is 11.8. The summed E-state index contributed by atoms with van der Waals surface area (Å²) in [5.74, 6) is 1.31. The molecular formula is C23H26N2O2S2. The first-order valence-electron chi connectivity index (χ1n) is 10.1. The minimum Gasteiger partial charge on any atom is -0.492 e. The molecule has 2 heterocycles. The van der Waals surface area contributed by atoms with E-state index in [1.54, 1.807) is 22.7 Å². The first-order chi connectivity index (χ1) is 14.2. The highest BCUT2D eigenvalue weighted by molar-refractivity contribution is 7.16. The van der Waals surface area contributed by atoms with Crippen LogP contribution in [0.2, 0.25) is 0 Å². The molecule has 4 rings (SSSR count). The number of carbonyl (C=O) groups excluding carboxylic acids is 1. The molecule has 152 valence electrons. The zero-order valence-corrected chi connectivity index (χ0v) is 18.4. The lowest BCUT2D eigenvalue weighted by atomic mass is 9.88. The number of carbonyl (C=O) groups is 1. The highest BCUT2D eigenvalue weighted by Gasteiger charge is 2.28. The van der Waals surface area contributed by atoms with E-state index in [4.69, 9.17) is 4.74 Å². The number of amides is 1. The Balaban J connectivity index is 1.63. The predicted molar refractivity (Wildman–Crippen MR) is 123 cm³/mol. The number of fused-ring (bicyclic) bond motifs is 1. The second kappa shape index (κ2) is 9.01. The molecule has 1 aliphatic rings. The summed E-state index contributed by atoms with van der Waals surface area (Å²) in [5, 5.41) is 9.68. The van der Waals surface area contributed by atoms with Gasteiger partial charge < -0.3 is 15.4 Å². The van der Waals surface area contributed by atoms with E-state index in [-0.39, 0.29) is 5.91 Å². The molecule has 4 nitrogen and oxygen atoms in total. The zero-order chi connectivity index (χ0) is 20.2. The lowest BCUT2D eigenvalue weighted by molar-refractivity contribution is 0.102. The molecule has 2 N–H and O–H groups in total. The van der Waals surface area contributed by atoms with E-state index in [2.05, 4.69) is 35.1 Å². The topological polar surface area (TPSA) is 50.4 Å². The quantitative estimate of drug-likeness (QED) is 0.473. The van der Waals surface area contributed by atoms with Gasteiger partial charge >= 0.3 is 0 Å². The van der Waals surface area contributed by atoms with Crippen molar-refractivity contribution in [2.45, 2.75) is 39.7 Å². The second-order valence-electron chi connectivity index (χ2n) is 7.37. The fourth-order valence-corrected chi connectivity index (χ4v) is 5.78. The van der Waals surface area contributed by atoms with E-state index in [1.165, 1.54) is 15.3 Å². The molecule has 29 heavy (non-hydrogen) atoms. The van der Waals surface area contributed by atoms with Gasteiger partial charge in [0.05, 0.1) is 24.4 Å². The van der Waals surface area contributed by atoms with E-state index in [1.807, 2.05) is 31.2 Å². The third-order valence-corrected chi connectivity index (χ3v) is 7.27. The van der Waals surface area contributed by atoms with E-state index >= 15 is 0 Å². The van der Waals surface area contributed by atoms with Gasteiger partial charge in [0.15, 0.2) is 0 Å². The van der Waals surface area contributed by atoms with Crippen LogP contribution in [0.4, 0.5) is 10.7 Å². The number of ether oxygens (including phenoxy) is 1. The summed E-state index contributed by atoms with van der Waals surface area (Å²) < 4.78 is 5.68. The summed E-state index contributed by atoms with van der Waals surface area (Å²) in [6.45, 7) is 5.54. The maximum absolute atomic E-state index is 13.4. The van der Waals surface area contributed by atoms with E-state index in [0.29, 0.717) is 24.0 Å². The molecule has 0 aliphatic heterocycles. The lowest BCUT2D eigenvalue weighted by Gasteiger charge is -2.19. The van der Waals surface area contributed by atoms with Gasteiger partial charge in [0.25, 0.3) is 5.91 Å². The molecule has 6 heteroatoms. The third-order valence-electron chi connectivity index (χ3n) is 5.18. The van der Waals surface area contributed by atoms with Crippen molar-refractivity contribution in [1.82, 2.24) is 0 Å². The summed E-state index contributed by atoms with van der Waals surface area (Å²) in [5.41, 5.74) is 2.74. The van der Waals surface area contributed by atoms with Gasteiger partial charge in [-0.25, -0.2) is 0 Å². The zero-order valence-electron chi connectivity index (χ0n) is 16.8. The number of benzene rings is 1. The first kappa shape index (κ1) is 20.0. The maximum atomic E-state index is 13.4. The average Bonchev–Trinajstić information content (AvgIpc) is 3.35. The van der Waals surface area contributed by atoms with E-state index < -0.39 is 0 Å². The fourth-order valence-electron chi connectivity index (χ4n) is 3.73. The van der Waals surface area contributed by atoms with Gasteiger partial charge in [0.2, 0.25) is 0 Å². The molecule has 0 radical (unpaired) electrons. The van der Waals surface area contributed by atoms with Gasteiger partial charge in [-0.05, 0) is 61.2 Å². The van der Waals surface area contributed by atoms with Gasteiger partial charge in [-0.3, -0.25) is 4.79 Å². The number of hydrogen-bond donors (Lipinski definition) is 2. The molecule has 1 amide bonds. The molecule has 1 aliphatic carbocycles. The molecule has 1 atom stereocenters. The van der Waals surface area contributed by atoms with Crippen molar-refractivity contribution in [3.8, 4) is 5.75 Å². The molecule has 0 saturated carbocycles. The van der Waals surface area contributed by atoms with Crippen molar-refractivity contribution < 1.29 is 9.53 Å². The van der Waals surface area contributed by atoms with Gasteiger partial charge in [-0.1, -0.05) is 25.1 Å². The van der Waals surface area contributed by atoms with Crippen LogP contribution in [0.5, 0.6) is 5.75 Å². The van der Waals surface area contributed by atoms with Gasteiger partial charge in [0, 0.05) is 9.75 Å². The standard InChI is InChI=1S/C23H26N2O2S2/c1-3-27-19-9-5-4-8-18(19)25-22(26)21-17-11-10-15(2)13-20(17)29-23(21)24-14-16-7-6-12-28-16/h4-9,12,15,24H,3,10-11,13-14H2,1-2H3,(H,25,26)/t15-/m1/s1. The Morgan fingerprint density at radius 1 is 1.24 bits per heavy atom. The van der Waals surface area contributed by atoms with Crippen molar-refractivity contribution >= 4 is 39.3 Å². The van der Waals surface area contributed by atoms with Crippen molar-refractivity contribution in [3.63, 3.8) is 0 Å². The Bertz CT molecular complexity index is 979. The lowest BCUT2D eigenvalue weighted by Crippen LogP contribution is -2.18. The number of para-hydroxylation sites is 2. The van der Waals surface area contributed by atoms with Crippen LogP contribution >= 0.6 is 22.7 Å². The Kier molecular flexibility index (Phi) is 6.21. The predicted octanol–water partition coefficient (Wildman–Crippen LogP) is 6.20. The van der Waals surface area contributed by atoms with Crippen molar-refractivity contribution in [3.05, 3.63) is 62.7 Å². The summed E-state index contributed by atoms with van der Waals surface area (Å²) in [4.78, 5) is 16.0. The SMILES string of the molecule is CCOc1ccccc1NC(=O)c1c(NCc2cccs2)sc2c1CC[C@@H](C)C2. The van der Waals surface area contributed by atoms with Crippen LogP contribution in [-0.2, 0) is 19.4 Å². The monoisotopic (exact) mass is 426 g/mol. The summed E-state index contributed by atoms with van der Waals surface area (Å²) >= 11 is 3.47. The minimum absolute atomic E-state index is 0.0575. The Morgan fingerprint density at radius 2 is 2.10 bits per heavy atom. The molecule has 0 fully saturated rings. The van der Waals surface area contributed by atoms with Crippen LogP contribution < -0.4 is 15.4 Å². The molecular weight excluding hydrogens is 400 g/mol. The fraction of sp³-hybridized carbons (Fsp3) is 0.348. The largest absolute Gasteiger partial charge is 0.492 e. The normalized spacial score (nSPS) is 15.6. The number of anilines is 2. The van der Waals surface area contributed by atoms with Crippen LogP contribution in [0.15, 0.2) is 41.8 Å². The van der Waals surface area contributed by atoms with Crippen LogP contribution in [0, 0.1) is 5.92 Å². The van der Waals surface area contributed by atoms with Crippen molar-refractivity contribution in [1.29, 1.82) is 0 Å². The van der Waals surface area contributed by atoms with Crippen LogP contribution in [-0.4, -0.2) is 12.5 Å². The molecule has 2 aromatic heterocycles. The molecule has 0 spiro atoms. The van der Waals surface area contributed by atoms with Gasteiger partial charge in [-0.2, -0.15) is 0 Å². The third kappa shape index (κ3) is 4.49. The Hall–Kier alpha value is -2.31. The number of thiophene rings is 2. The number of rotatable bonds is 7. The van der Waals surface area contributed by atoms with E-state index in [9.17, 15) is 4.79 Å². The highest BCUT2D eigenvalue weighted by Crippen LogP contribution is 2.40. The van der Waals surface area contributed by atoms with E-state index in [0.717, 1.165) is 36.4 Å². The average molecular weight is 427 g/mol. The summed E-state index contributed by atoms with van der Waals surface area (Å²) in [6, 6.07) is 11.8. The Morgan fingerprint density at radius 3 is 2.90 bits per heavy atom. The number of hydrogen-bond acceptors (Lipinski definition) is 5. The molecule has 1 aromatic carbocycles. The van der Waals surface area contributed by atoms with Crippen LogP contribution in [0.25, 0.3) is 0 Å². The van der Waals surface area contributed by atoms with Crippen LogP contribution in [0.3, 0.4) is 0 Å². The molecule has 0 unspecified atom stereocenters. The smallest absolute Gasteiger partial charge is 0.259 e. The second-order valence-corrected chi connectivity index (χ2v) is 9.51. The molecule has 0 saturated heterocycles. The molecule has 3 aromatic rings. The Labute approximate surface area is 179 Å². The van der Waals surface area contributed by atoms with Crippen molar-refractivity contribution in [2.24, 2.45) is 5.92 Å². The van der Waals surface area contributed by atoms with Gasteiger partial charge in [0.1, 0.15) is 10.8 Å². The maximum Gasteiger partial charge on any atom is 0.259 e. The summed E-state index contributed by atoms with van der Waals surface area (Å²) in [6.07, 6.45) is 3.14. The van der Waals surface area contributed by atoms with Gasteiger partial charge in [-0.15, -0.1) is 22.7 Å². The number of nitrogens with one attached hydrogen (secondary N) is 2. The highest BCUT2D eigenvalue weighted by atomic mass is 32.1. The minimum atomic E-state index is -0.0575. The van der Waals surface area contributed by atoms with Crippen molar-refractivity contribution in [2.75, 3.05) is 17.2 Å². The van der Waals surface area contributed by atoms with Crippen LogP contribution in [0.1, 0.15) is 45.9 Å². The summed E-state index contributed by atoms with van der Waals surface area (Å²) in [7, 11) is 0.